The van der Waals surface area contributed by atoms with Gasteiger partial charge in [-0.1, -0.05) is 12.1 Å². The minimum atomic E-state index is 0.00115. The molecule has 0 aliphatic carbocycles. The first-order valence-corrected chi connectivity index (χ1v) is 8.20. The van der Waals surface area contributed by atoms with Crippen LogP contribution in [0.2, 0.25) is 0 Å². The molecule has 4 heteroatoms. The van der Waals surface area contributed by atoms with Gasteiger partial charge < -0.3 is 4.90 Å². The standard InChI is InChI=1S/C20H24N2O2/c1-15-4-5-18(14-16(15)2)19(23)6-7-20(24)22(3)13-10-17-8-11-21-12-9-17/h4-5,8-9,11-12,14H,6-7,10,13H2,1-3H3. The maximum Gasteiger partial charge on any atom is 0.222 e. The molecule has 1 aromatic carbocycles. The van der Waals surface area contributed by atoms with E-state index in [0.29, 0.717) is 12.1 Å². The van der Waals surface area contributed by atoms with E-state index in [1.807, 2.05) is 44.2 Å². The third-order valence-electron chi connectivity index (χ3n) is 4.31. The number of rotatable bonds is 7. The molecule has 0 atom stereocenters. The van der Waals surface area contributed by atoms with Gasteiger partial charge in [0.05, 0.1) is 0 Å². The van der Waals surface area contributed by atoms with E-state index in [-0.39, 0.29) is 24.5 Å². The number of carbonyl (C=O) groups is 2. The molecule has 126 valence electrons. The van der Waals surface area contributed by atoms with Gasteiger partial charge >= 0.3 is 0 Å². The number of amides is 1. The molecule has 0 aliphatic heterocycles. The number of nitrogens with zero attached hydrogens (tertiary/aromatic N) is 2. The normalized spacial score (nSPS) is 10.5. The van der Waals surface area contributed by atoms with E-state index in [1.54, 1.807) is 24.3 Å². The number of likely N-dealkylation sites (N-methyl/N-ethyl adjacent to an activating group) is 1. The number of aromatic nitrogens is 1. The number of ketones is 1. The molecule has 0 radical (unpaired) electrons. The number of benzene rings is 1. The Morgan fingerprint density at radius 3 is 2.38 bits per heavy atom. The Hall–Kier alpha value is -2.49. The lowest BCUT2D eigenvalue weighted by atomic mass is 10.0. The summed E-state index contributed by atoms with van der Waals surface area (Å²) in [6.45, 7) is 4.65. The highest BCUT2D eigenvalue weighted by atomic mass is 16.2. The molecule has 0 unspecified atom stereocenters. The quantitative estimate of drug-likeness (QED) is 0.734. The van der Waals surface area contributed by atoms with Gasteiger partial charge in [-0.3, -0.25) is 14.6 Å². The van der Waals surface area contributed by atoms with Gasteiger partial charge in [0, 0.05) is 44.4 Å². The first-order valence-electron chi connectivity index (χ1n) is 8.20. The zero-order valence-electron chi connectivity index (χ0n) is 14.6. The third-order valence-corrected chi connectivity index (χ3v) is 4.31. The molecule has 4 nitrogen and oxygen atoms in total. The Morgan fingerprint density at radius 2 is 1.71 bits per heavy atom. The monoisotopic (exact) mass is 324 g/mol. The molecule has 0 N–H and O–H groups in total. The van der Waals surface area contributed by atoms with Crippen molar-refractivity contribution in [3.8, 4) is 0 Å². The van der Waals surface area contributed by atoms with Crippen molar-refractivity contribution in [3.05, 3.63) is 65.0 Å². The molecule has 2 rings (SSSR count). The average Bonchev–Trinajstić information content (AvgIpc) is 2.60. The Balaban J connectivity index is 1.81. The molecule has 0 saturated heterocycles. The summed E-state index contributed by atoms with van der Waals surface area (Å²) in [5.41, 5.74) is 4.10. The minimum Gasteiger partial charge on any atom is -0.345 e. The summed E-state index contributed by atoms with van der Waals surface area (Å²) >= 11 is 0. The number of pyridine rings is 1. The summed E-state index contributed by atoms with van der Waals surface area (Å²) in [5, 5.41) is 0. The van der Waals surface area contributed by atoms with Gasteiger partial charge in [0.1, 0.15) is 0 Å². The fraction of sp³-hybridized carbons (Fsp3) is 0.350. The molecule has 1 heterocycles. The maximum atomic E-state index is 12.2. The van der Waals surface area contributed by atoms with Crippen molar-refractivity contribution in [2.75, 3.05) is 13.6 Å². The summed E-state index contributed by atoms with van der Waals surface area (Å²) in [4.78, 5) is 30.1. The number of Topliss-reactive ketones (excluding diaryl/α,β-unsaturated/α-hetero) is 1. The van der Waals surface area contributed by atoms with Crippen LogP contribution in [-0.2, 0) is 11.2 Å². The van der Waals surface area contributed by atoms with Crippen molar-refractivity contribution in [3.63, 3.8) is 0 Å². The second kappa shape index (κ2) is 8.39. The molecule has 0 aliphatic rings. The number of hydrogen-bond donors (Lipinski definition) is 0. The molecule has 2 aromatic rings. The molecule has 0 fully saturated rings. The van der Waals surface area contributed by atoms with Gasteiger partial charge in [-0.05, 0) is 55.2 Å². The van der Waals surface area contributed by atoms with E-state index in [0.717, 1.165) is 17.5 Å². The molecular weight excluding hydrogens is 300 g/mol. The molecule has 1 aromatic heterocycles. The van der Waals surface area contributed by atoms with Gasteiger partial charge in [-0.2, -0.15) is 0 Å². The predicted octanol–water partition coefficient (Wildman–Crippen LogP) is 3.36. The summed E-state index contributed by atoms with van der Waals surface area (Å²) in [5.74, 6) is 0.0234. The topological polar surface area (TPSA) is 50.3 Å². The van der Waals surface area contributed by atoms with Gasteiger partial charge in [-0.15, -0.1) is 0 Å². The fourth-order valence-electron chi connectivity index (χ4n) is 2.44. The van der Waals surface area contributed by atoms with E-state index in [1.165, 1.54) is 5.56 Å². The SMILES string of the molecule is Cc1ccc(C(=O)CCC(=O)N(C)CCc2ccncc2)cc1C. The van der Waals surface area contributed by atoms with Crippen LogP contribution in [0.15, 0.2) is 42.7 Å². The van der Waals surface area contributed by atoms with Gasteiger partial charge in [0.15, 0.2) is 5.78 Å². The van der Waals surface area contributed by atoms with Crippen LogP contribution in [0.1, 0.15) is 39.9 Å². The zero-order chi connectivity index (χ0) is 17.5. The van der Waals surface area contributed by atoms with Gasteiger partial charge in [-0.25, -0.2) is 0 Å². The van der Waals surface area contributed by atoms with E-state index in [2.05, 4.69) is 4.98 Å². The molecule has 0 bridgehead atoms. The number of hydrogen-bond acceptors (Lipinski definition) is 3. The summed E-state index contributed by atoms with van der Waals surface area (Å²) in [6, 6.07) is 9.58. The van der Waals surface area contributed by atoms with E-state index in [9.17, 15) is 9.59 Å². The van der Waals surface area contributed by atoms with Crippen LogP contribution >= 0.6 is 0 Å². The van der Waals surface area contributed by atoms with Crippen LogP contribution in [-0.4, -0.2) is 35.2 Å². The van der Waals surface area contributed by atoms with E-state index in [4.69, 9.17) is 0 Å². The lowest BCUT2D eigenvalue weighted by Crippen LogP contribution is -2.29. The molecule has 0 spiro atoms. The highest BCUT2D eigenvalue weighted by Gasteiger charge is 2.13. The van der Waals surface area contributed by atoms with Crippen LogP contribution in [0.3, 0.4) is 0 Å². The second-order valence-corrected chi connectivity index (χ2v) is 6.14. The first-order chi connectivity index (χ1) is 11.5. The van der Waals surface area contributed by atoms with Gasteiger partial charge in [0.25, 0.3) is 0 Å². The molecule has 1 amide bonds. The smallest absolute Gasteiger partial charge is 0.222 e. The lowest BCUT2D eigenvalue weighted by molar-refractivity contribution is -0.129. The van der Waals surface area contributed by atoms with Crippen LogP contribution in [0, 0.1) is 13.8 Å². The Kier molecular flexibility index (Phi) is 6.24. The van der Waals surface area contributed by atoms with Crippen LogP contribution < -0.4 is 0 Å². The first kappa shape index (κ1) is 17.9. The van der Waals surface area contributed by atoms with Gasteiger partial charge in [0.2, 0.25) is 5.91 Å². The average molecular weight is 324 g/mol. The Morgan fingerprint density at radius 1 is 1.00 bits per heavy atom. The molecule has 24 heavy (non-hydrogen) atoms. The third kappa shape index (κ3) is 5.01. The summed E-state index contributed by atoms with van der Waals surface area (Å²) in [7, 11) is 1.78. The van der Waals surface area contributed by atoms with Crippen molar-refractivity contribution < 1.29 is 9.59 Å². The fourth-order valence-corrected chi connectivity index (χ4v) is 2.44. The molecular formula is C20H24N2O2. The van der Waals surface area contributed by atoms with Crippen molar-refractivity contribution in [1.29, 1.82) is 0 Å². The van der Waals surface area contributed by atoms with Crippen molar-refractivity contribution in [1.82, 2.24) is 9.88 Å². The van der Waals surface area contributed by atoms with Crippen LogP contribution in [0.4, 0.5) is 0 Å². The summed E-state index contributed by atoms with van der Waals surface area (Å²) < 4.78 is 0. The zero-order valence-corrected chi connectivity index (χ0v) is 14.6. The second-order valence-electron chi connectivity index (χ2n) is 6.14. The molecule has 0 saturated carbocycles. The number of aryl methyl sites for hydroxylation is 2. The highest BCUT2D eigenvalue weighted by molar-refractivity contribution is 5.98. The van der Waals surface area contributed by atoms with E-state index >= 15 is 0 Å². The van der Waals surface area contributed by atoms with Crippen LogP contribution in [0.25, 0.3) is 0 Å². The van der Waals surface area contributed by atoms with Crippen LogP contribution in [0.5, 0.6) is 0 Å². The maximum absolute atomic E-state index is 12.2. The Bertz CT molecular complexity index is 711. The number of carbonyl (C=O) groups excluding carboxylic acids is 2. The summed E-state index contributed by atoms with van der Waals surface area (Å²) in [6.07, 6.45) is 4.79. The lowest BCUT2D eigenvalue weighted by Gasteiger charge is -2.17. The Labute approximate surface area is 143 Å². The van der Waals surface area contributed by atoms with Crippen molar-refractivity contribution >= 4 is 11.7 Å². The minimum absolute atomic E-state index is 0.00115. The largest absolute Gasteiger partial charge is 0.345 e. The predicted molar refractivity (Wildman–Crippen MR) is 95.1 cm³/mol. The highest BCUT2D eigenvalue weighted by Crippen LogP contribution is 2.13. The van der Waals surface area contributed by atoms with Crippen molar-refractivity contribution in [2.24, 2.45) is 0 Å². The van der Waals surface area contributed by atoms with E-state index < -0.39 is 0 Å². The van der Waals surface area contributed by atoms with Crippen molar-refractivity contribution in [2.45, 2.75) is 33.1 Å².